The van der Waals surface area contributed by atoms with Gasteiger partial charge in [0.2, 0.25) is 0 Å². The fraction of sp³-hybridized carbons (Fsp3) is 0.917. The Kier molecular flexibility index (Phi) is 7.30. The van der Waals surface area contributed by atoms with Crippen LogP contribution >= 0.6 is 8.25 Å². The Bertz CT molecular complexity index is 223. The second kappa shape index (κ2) is 7.91. The maximum absolute atomic E-state index is 11.7. The van der Waals surface area contributed by atoms with Gasteiger partial charge in [-0.05, 0) is 0 Å². The van der Waals surface area contributed by atoms with Gasteiger partial charge in [-0.25, -0.2) is 0 Å². The number of hydrogen-bond acceptors (Lipinski definition) is 1. The van der Waals surface area contributed by atoms with E-state index >= 15 is 0 Å². The number of halogens is 1. The molecule has 4 heteroatoms. The van der Waals surface area contributed by atoms with Crippen molar-refractivity contribution in [3.05, 3.63) is 0 Å². The van der Waals surface area contributed by atoms with Crippen LogP contribution in [0.2, 0.25) is 3.43 Å². The fourth-order valence-corrected chi connectivity index (χ4v) is 9.45. The zero-order chi connectivity index (χ0) is 12.0. The van der Waals surface area contributed by atoms with E-state index in [1.54, 1.807) is 0 Å². The Balaban J connectivity index is 2.30. The number of hydrogen-bond donors (Lipinski definition) is 1. The van der Waals surface area contributed by atoms with Crippen molar-refractivity contribution in [2.24, 2.45) is 5.92 Å². The molecule has 0 radical (unpaired) electrons. The minimum absolute atomic E-state index is 0.240. The Morgan fingerprint density at radius 1 is 1.44 bits per heavy atom. The Morgan fingerprint density at radius 3 is 2.75 bits per heavy atom. The summed E-state index contributed by atoms with van der Waals surface area (Å²) < 4.78 is 0.707. The molecule has 1 N–H and O–H groups in total. The summed E-state index contributed by atoms with van der Waals surface area (Å²) in [4.78, 5) is 11.7. The van der Waals surface area contributed by atoms with Crippen LogP contribution in [0.5, 0.6) is 0 Å². The first-order valence-corrected chi connectivity index (χ1v) is 16.4. The van der Waals surface area contributed by atoms with Crippen molar-refractivity contribution in [1.29, 1.82) is 0 Å². The molecule has 16 heavy (non-hydrogen) atoms. The average Bonchev–Trinajstić information content (AvgIpc) is 2.27. The molecule has 1 saturated carbocycles. The van der Waals surface area contributed by atoms with E-state index in [0.717, 1.165) is 12.8 Å². The molecule has 0 aromatic carbocycles. The molecule has 0 heterocycles. The molecule has 0 aromatic heterocycles. The van der Waals surface area contributed by atoms with E-state index < -0.39 is 23.3 Å². The van der Waals surface area contributed by atoms with Crippen molar-refractivity contribution < 1.29 is 28.1 Å². The molecule has 0 bridgehead atoms. The summed E-state index contributed by atoms with van der Waals surface area (Å²) in [6, 6.07) is 0.424. The minimum atomic E-state index is -1.20. The second-order valence-corrected chi connectivity index (χ2v) is 13.3. The van der Waals surface area contributed by atoms with Crippen LogP contribution < -0.4 is 5.32 Å². The van der Waals surface area contributed by atoms with Crippen molar-refractivity contribution in [3.63, 3.8) is 0 Å². The Labute approximate surface area is 115 Å². The Morgan fingerprint density at radius 2 is 2.12 bits per heavy atom. The number of carbonyl (C=O) groups excluding carboxylic acids is 1. The third-order valence-electron chi connectivity index (χ3n) is 3.40. The van der Waals surface area contributed by atoms with E-state index in [1.165, 1.54) is 19.3 Å². The molecule has 1 rings (SSSR count). The van der Waals surface area contributed by atoms with E-state index in [-0.39, 0.29) is 5.91 Å². The monoisotopic (exact) mass is 433 g/mol. The van der Waals surface area contributed by atoms with Gasteiger partial charge in [-0.1, -0.05) is 0 Å². The van der Waals surface area contributed by atoms with Crippen LogP contribution in [0, 0.1) is 5.92 Å². The number of carbonyl (C=O) groups is 1. The van der Waals surface area contributed by atoms with Gasteiger partial charge >= 0.3 is 115 Å². The Hall–Kier alpha value is 0.695. The summed E-state index contributed by atoms with van der Waals surface area (Å²) >= 11 is -1.20. The van der Waals surface area contributed by atoms with E-state index in [0.29, 0.717) is 21.8 Å². The van der Waals surface area contributed by atoms with Crippen molar-refractivity contribution in [1.82, 2.24) is 5.32 Å². The average molecular weight is 432 g/mol. The van der Waals surface area contributed by atoms with Crippen LogP contribution in [0.3, 0.4) is 0 Å². The second-order valence-electron chi connectivity index (χ2n) is 5.31. The first-order valence-electron chi connectivity index (χ1n) is 6.48. The molecular formula is C12H22ClHgNO. The first kappa shape index (κ1) is 14.8. The zero-order valence-electron chi connectivity index (χ0n) is 10.5. The molecule has 2 unspecified atom stereocenters. The van der Waals surface area contributed by atoms with Crippen molar-refractivity contribution in [3.8, 4) is 0 Å². The van der Waals surface area contributed by atoms with Crippen LogP contribution in [0.1, 0.15) is 52.4 Å². The van der Waals surface area contributed by atoms with Gasteiger partial charge in [-0.15, -0.1) is 0 Å². The third kappa shape index (κ3) is 5.35. The van der Waals surface area contributed by atoms with Gasteiger partial charge in [0.05, 0.1) is 0 Å². The molecule has 0 aliphatic heterocycles. The SMILES string of the molecule is CC(C)CCC(=O)NC1CCCC[CH]1[Hg][Cl]. The van der Waals surface area contributed by atoms with Crippen LogP contribution in [0.25, 0.3) is 0 Å². The molecule has 90 valence electrons. The van der Waals surface area contributed by atoms with Crippen molar-refractivity contribution in [2.45, 2.75) is 61.8 Å². The zero-order valence-corrected chi connectivity index (χ0v) is 16.7. The van der Waals surface area contributed by atoms with Gasteiger partial charge in [-0.3, -0.25) is 0 Å². The molecular weight excluding hydrogens is 410 g/mol. The third-order valence-corrected chi connectivity index (χ3v) is 12.2. The van der Waals surface area contributed by atoms with E-state index in [1.807, 2.05) is 0 Å². The summed E-state index contributed by atoms with van der Waals surface area (Å²) in [5.41, 5.74) is 0. The number of rotatable bonds is 5. The molecule has 0 saturated heterocycles. The van der Waals surface area contributed by atoms with Crippen LogP contribution in [-0.2, 0) is 28.1 Å². The number of amides is 1. The van der Waals surface area contributed by atoms with E-state index in [4.69, 9.17) is 8.25 Å². The van der Waals surface area contributed by atoms with Gasteiger partial charge in [0.25, 0.3) is 0 Å². The van der Waals surface area contributed by atoms with Crippen molar-refractivity contribution in [2.75, 3.05) is 0 Å². The van der Waals surface area contributed by atoms with Gasteiger partial charge in [0, 0.05) is 0 Å². The summed E-state index contributed by atoms with van der Waals surface area (Å²) in [6.45, 7) is 4.32. The molecule has 0 aromatic rings. The van der Waals surface area contributed by atoms with E-state index in [2.05, 4.69) is 19.2 Å². The predicted molar refractivity (Wildman–Crippen MR) is 64.1 cm³/mol. The molecule has 1 amide bonds. The standard InChI is InChI=1S/C12H22NO.ClH.Hg/c1-10(2)8-9-12(14)13-11-6-4-3-5-7-11;;/h6,10-11H,3-5,7-9H2,1-2H3,(H,13,14);1H;/q;;+1/p-1. The van der Waals surface area contributed by atoms with Gasteiger partial charge < -0.3 is 0 Å². The van der Waals surface area contributed by atoms with Crippen LogP contribution in [-0.4, -0.2) is 11.9 Å². The molecule has 1 fully saturated rings. The quantitative estimate of drug-likeness (QED) is 0.663. The number of nitrogens with one attached hydrogen (secondary N) is 1. The molecule has 2 nitrogen and oxygen atoms in total. The van der Waals surface area contributed by atoms with Gasteiger partial charge in [-0.2, -0.15) is 0 Å². The van der Waals surface area contributed by atoms with Crippen LogP contribution in [0.15, 0.2) is 0 Å². The van der Waals surface area contributed by atoms with Gasteiger partial charge in [0.15, 0.2) is 0 Å². The van der Waals surface area contributed by atoms with E-state index in [9.17, 15) is 4.79 Å². The summed E-state index contributed by atoms with van der Waals surface area (Å²) in [5.74, 6) is 0.852. The van der Waals surface area contributed by atoms with Gasteiger partial charge in [0.1, 0.15) is 0 Å². The summed E-state index contributed by atoms with van der Waals surface area (Å²) in [5, 5.41) is 3.21. The van der Waals surface area contributed by atoms with Crippen molar-refractivity contribution >= 4 is 14.2 Å². The predicted octanol–water partition coefficient (Wildman–Crippen LogP) is 3.51. The fourth-order valence-electron chi connectivity index (χ4n) is 2.28. The first-order chi connectivity index (χ1) is 7.63. The molecule has 1 aliphatic carbocycles. The topological polar surface area (TPSA) is 29.1 Å². The summed E-state index contributed by atoms with van der Waals surface area (Å²) in [6.07, 6.45) is 6.67. The maximum atomic E-state index is 11.7. The summed E-state index contributed by atoms with van der Waals surface area (Å²) in [7, 11) is 6.16. The molecule has 0 spiro atoms. The molecule has 2 atom stereocenters. The normalized spacial score (nSPS) is 25.2. The molecule has 1 aliphatic rings. The van der Waals surface area contributed by atoms with Crippen LogP contribution in [0.4, 0.5) is 0 Å².